The standard InChI is InChI=1S/C21H26N4O3/c26-21(15-2-1-3-15)25-9-5-14(6-10-25)19-23-20(28-24-19)16-4-8-22-18(12-16)17-7-11-27-13-17/h4,8,12,14-15,17H,1-3,5-7,9-11,13H2. The van der Waals surface area contributed by atoms with Crippen LogP contribution in [-0.2, 0) is 9.53 Å². The van der Waals surface area contributed by atoms with E-state index < -0.39 is 0 Å². The molecule has 2 aromatic heterocycles. The van der Waals surface area contributed by atoms with E-state index in [9.17, 15) is 4.79 Å². The first-order valence-corrected chi connectivity index (χ1v) is 10.4. The summed E-state index contributed by atoms with van der Waals surface area (Å²) < 4.78 is 11.0. The molecule has 1 aliphatic carbocycles. The van der Waals surface area contributed by atoms with Crippen molar-refractivity contribution in [2.75, 3.05) is 26.3 Å². The molecular formula is C21H26N4O3. The summed E-state index contributed by atoms with van der Waals surface area (Å²) in [6.45, 7) is 3.11. The predicted molar refractivity (Wildman–Crippen MR) is 102 cm³/mol. The summed E-state index contributed by atoms with van der Waals surface area (Å²) in [5, 5.41) is 4.24. The van der Waals surface area contributed by atoms with Gasteiger partial charge in [0, 0.05) is 54.9 Å². The third-order valence-electron chi connectivity index (χ3n) is 6.44. The molecule has 0 bridgehead atoms. The molecule has 1 saturated carbocycles. The van der Waals surface area contributed by atoms with Crippen molar-refractivity contribution in [3.05, 3.63) is 29.8 Å². The molecule has 1 amide bonds. The van der Waals surface area contributed by atoms with Crippen LogP contribution in [0.1, 0.15) is 61.9 Å². The summed E-state index contributed by atoms with van der Waals surface area (Å²) in [6.07, 6.45) is 7.93. The number of carbonyl (C=O) groups excluding carboxylic acids is 1. The fourth-order valence-electron chi connectivity index (χ4n) is 4.36. The molecule has 148 valence electrons. The van der Waals surface area contributed by atoms with Crippen molar-refractivity contribution in [2.45, 2.75) is 50.4 Å². The van der Waals surface area contributed by atoms with E-state index in [0.29, 0.717) is 17.7 Å². The number of pyridine rings is 1. The molecule has 0 spiro atoms. The second kappa shape index (κ2) is 7.62. The maximum absolute atomic E-state index is 12.4. The van der Waals surface area contributed by atoms with Crippen molar-refractivity contribution < 1.29 is 14.1 Å². The first-order valence-electron chi connectivity index (χ1n) is 10.4. The lowest BCUT2D eigenvalue weighted by Gasteiger charge is -2.35. The third kappa shape index (κ3) is 3.43. The summed E-state index contributed by atoms with van der Waals surface area (Å²) in [7, 11) is 0. The van der Waals surface area contributed by atoms with Crippen molar-refractivity contribution >= 4 is 5.91 Å². The molecule has 2 aromatic rings. The molecule has 2 saturated heterocycles. The number of hydrogen-bond donors (Lipinski definition) is 0. The second-order valence-electron chi connectivity index (χ2n) is 8.22. The van der Waals surface area contributed by atoms with Gasteiger partial charge in [-0.15, -0.1) is 0 Å². The number of likely N-dealkylation sites (tertiary alicyclic amines) is 1. The predicted octanol–water partition coefficient (Wildman–Crippen LogP) is 3.14. The van der Waals surface area contributed by atoms with Crippen LogP contribution in [0.3, 0.4) is 0 Å². The van der Waals surface area contributed by atoms with Crippen molar-refractivity contribution in [3.63, 3.8) is 0 Å². The number of amides is 1. The van der Waals surface area contributed by atoms with E-state index >= 15 is 0 Å². The average molecular weight is 382 g/mol. The molecule has 0 N–H and O–H groups in total. The fourth-order valence-corrected chi connectivity index (χ4v) is 4.36. The average Bonchev–Trinajstić information content (AvgIpc) is 3.39. The van der Waals surface area contributed by atoms with Gasteiger partial charge in [0.25, 0.3) is 5.89 Å². The van der Waals surface area contributed by atoms with Gasteiger partial charge in [0.15, 0.2) is 5.82 Å². The van der Waals surface area contributed by atoms with Crippen LogP contribution in [0.2, 0.25) is 0 Å². The lowest BCUT2D eigenvalue weighted by atomic mass is 9.83. The van der Waals surface area contributed by atoms with Crippen LogP contribution in [0.15, 0.2) is 22.9 Å². The minimum absolute atomic E-state index is 0.257. The van der Waals surface area contributed by atoms with Crippen LogP contribution < -0.4 is 0 Å². The molecule has 1 atom stereocenters. The first kappa shape index (κ1) is 17.8. The van der Waals surface area contributed by atoms with E-state index in [1.807, 2.05) is 17.0 Å². The highest BCUT2D eigenvalue weighted by Gasteiger charge is 2.33. The van der Waals surface area contributed by atoms with Gasteiger partial charge in [-0.05, 0) is 44.2 Å². The summed E-state index contributed by atoms with van der Waals surface area (Å²) >= 11 is 0. The Hall–Kier alpha value is -2.28. The summed E-state index contributed by atoms with van der Waals surface area (Å²) in [5.74, 6) is 2.53. The monoisotopic (exact) mass is 382 g/mol. The minimum atomic E-state index is 0.257. The zero-order valence-corrected chi connectivity index (χ0v) is 16.0. The lowest BCUT2D eigenvalue weighted by Crippen LogP contribution is -2.43. The van der Waals surface area contributed by atoms with Gasteiger partial charge in [-0.2, -0.15) is 4.98 Å². The molecule has 7 nitrogen and oxygen atoms in total. The molecule has 0 aromatic carbocycles. The molecule has 1 unspecified atom stereocenters. The highest BCUT2D eigenvalue weighted by Crippen LogP contribution is 2.33. The van der Waals surface area contributed by atoms with E-state index in [1.165, 1.54) is 6.42 Å². The van der Waals surface area contributed by atoms with Gasteiger partial charge < -0.3 is 14.2 Å². The molecule has 28 heavy (non-hydrogen) atoms. The number of ether oxygens (including phenoxy) is 1. The topological polar surface area (TPSA) is 81.4 Å². The van der Waals surface area contributed by atoms with Gasteiger partial charge in [-0.3, -0.25) is 9.78 Å². The number of piperidine rings is 1. The molecule has 4 heterocycles. The smallest absolute Gasteiger partial charge is 0.258 e. The Kier molecular flexibility index (Phi) is 4.84. The normalized spacial score (nSPS) is 23.7. The summed E-state index contributed by atoms with van der Waals surface area (Å²) in [5.41, 5.74) is 1.94. The van der Waals surface area contributed by atoms with Crippen LogP contribution in [0.4, 0.5) is 0 Å². The molecule has 3 aliphatic rings. The number of carbonyl (C=O) groups is 1. The number of rotatable bonds is 4. The maximum Gasteiger partial charge on any atom is 0.258 e. The van der Waals surface area contributed by atoms with Crippen LogP contribution >= 0.6 is 0 Å². The van der Waals surface area contributed by atoms with E-state index in [0.717, 1.165) is 75.5 Å². The molecular weight excluding hydrogens is 356 g/mol. The van der Waals surface area contributed by atoms with Crippen molar-refractivity contribution in [2.24, 2.45) is 5.92 Å². The van der Waals surface area contributed by atoms with Crippen LogP contribution in [0.5, 0.6) is 0 Å². The Labute approximate surface area is 164 Å². The van der Waals surface area contributed by atoms with E-state index in [4.69, 9.17) is 9.26 Å². The molecule has 7 heteroatoms. The number of hydrogen-bond acceptors (Lipinski definition) is 6. The van der Waals surface area contributed by atoms with Crippen molar-refractivity contribution in [1.29, 1.82) is 0 Å². The Morgan fingerprint density at radius 2 is 1.96 bits per heavy atom. The highest BCUT2D eigenvalue weighted by atomic mass is 16.5. The number of aromatic nitrogens is 3. The fraction of sp³-hybridized carbons (Fsp3) is 0.619. The van der Waals surface area contributed by atoms with Crippen molar-refractivity contribution in [3.8, 4) is 11.5 Å². The van der Waals surface area contributed by atoms with Gasteiger partial charge in [0.05, 0.1) is 6.61 Å². The van der Waals surface area contributed by atoms with Crippen LogP contribution in [0, 0.1) is 5.92 Å². The zero-order valence-electron chi connectivity index (χ0n) is 16.0. The summed E-state index contributed by atoms with van der Waals surface area (Å²) in [4.78, 5) is 23.6. The Bertz CT molecular complexity index is 834. The third-order valence-corrected chi connectivity index (χ3v) is 6.44. The molecule has 2 aliphatic heterocycles. The van der Waals surface area contributed by atoms with Crippen molar-refractivity contribution in [1.82, 2.24) is 20.0 Å². The van der Waals surface area contributed by atoms with Crippen LogP contribution in [-0.4, -0.2) is 52.2 Å². The Morgan fingerprint density at radius 3 is 2.68 bits per heavy atom. The maximum atomic E-state index is 12.4. The van der Waals surface area contributed by atoms with E-state index in [1.54, 1.807) is 6.20 Å². The van der Waals surface area contributed by atoms with Gasteiger partial charge in [0.2, 0.25) is 5.91 Å². The van der Waals surface area contributed by atoms with Crippen LogP contribution in [0.25, 0.3) is 11.5 Å². The van der Waals surface area contributed by atoms with Gasteiger partial charge >= 0.3 is 0 Å². The van der Waals surface area contributed by atoms with E-state index in [-0.39, 0.29) is 11.8 Å². The van der Waals surface area contributed by atoms with Gasteiger partial charge in [-0.1, -0.05) is 11.6 Å². The lowest BCUT2D eigenvalue weighted by molar-refractivity contribution is -0.139. The first-order chi connectivity index (χ1) is 13.8. The van der Waals surface area contributed by atoms with Gasteiger partial charge in [-0.25, -0.2) is 0 Å². The van der Waals surface area contributed by atoms with Gasteiger partial charge in [0.1, 0.15) is 0 Å². The molecule has 3 fully saturated rings. The second-order valence-corrected chi connectivity index (χ2v) is 8.22. The quantitative estimate of drug-likeness (QED) is 0.808. The molecule has 5 rings (SSSR count). The molecule has 0 radical (unpaired) electrons. The Morgan fingerprint density at radius 1 is 1.11 bits per heavy atom. The zero-order chi connectivity index (χ0) is 18.9. The largest absolute Gasteiger partial charge is 0.381 e. The SMILES string of the molecule is O=C(C1CCC1)N1CCC(c2noc(-c3ccnc(C4CCOC4)c3)n2)CC1. The highest BCUT2D eigenvalue weighted by molar-refractivity contribution is 5.79. The Balaban J connectivity index is 1.24. The minimum Gasteiger partial charge on any atom is -0.381 e. The van der Waals surface area contributed by atoms with E-state index in [2.05, 4.69) is 15.1 Å². The summed E-state index contributed by atoms with van der Waals surface area (Å²) in [6, 6.07) is 3.95. The number of nitrogens with zero attached hydrogens (tertiary/aromatic N) is 4.